The smallest absolute Gasteiger partial charge is 0.250 e. The van der Waals surface area contributed by atoms with Crippen molar-refractivity contribution in [2.45, 2.75) is 71.8 Å². The normalized spacial score (nSPS) is 21.8. The Bertz CT molecular complexity index is 279. The molecule has 110 valence electrons. The molecule has 0 aliphatic carbocycles. The lowest BCUT2D eigenvalue weighted by Crippen LogP contribution is -2.31. The SMILES string of the molecule is C#CC1CC(CC)C(=O)N1OC.CCCCCCC. The van der Waals surface area contributed by atoms with Crippen molar-refractivity contribution in [2.24, 2.45) is 5.92 Å². The maximum atomic E-state index is 11.4. The second kappa shape index (κ2) is 10.9. The lowest BCUT2D eigenvalue weighted by atomic mass is 10.0. The fourth-order valence-corrected chi connectivity index (χ4v) is 2.17. The van der Waals surface area contributed by atoms with E-state index in [9.17, 15) is 4.79 Å². The zero-order valence-electron chi connectivity index (χ0n) is 12.9. The van der Waals surface area contributed by atoms with Crippen molar-refractivity contribution in [3.05, 3.63) is 0 Å². The van der Waals surface area contributed by atoms with Crippen LogP contribution in [0.2, 0.25) is 0 Å². The molecular formula is C16H29NO2. The van der Waals surface area contributed by atoms with E-state index in [1.807, 2.05) is 6.92 Å². The predicted octanol–water partition coefficient (Wildman–Crippen LogP) is 3.78. The highest BCUT2D eigenvalue weighted by Crippen LogP contribution is 2.26. The molecule has 1 fully saturated rings. The van der Waals surface area contributed by atoms with Crippen LogP contribution in [0.5, 0.6) is 0 Å². The summed E-state index contributed by atoms with van der Waals surface area (Å²) < 4.78 is 0. The lowest BCUT2D eigenvalue weighted by Gasteiger charge is -2.16. The molecule has 2 atom stereocenters. The first-order valence-corrected chi connectivity index (χ1v) is 7.49. The monoisotopic (exact) mass is 267 g/mol. The molecule has 0 radical (unpaired) electrons. The maximum absolute atomic E-state index is 11.4. The molecule has 1 heterocycles. The number of nitrogens with zero attached hydrogens (tertiary/aromatic N) is 1. The summed E-state index contributed by atoms with van der Waals surface area (Å²) in [5.41, 5.74) is 0. The number of hydrogen-bond donors (Lipinski definition) is 0. The van der Waals surface area contributed by atoms with Crippen molar-refractivity contribution < 1.29 is 9.63 Å². The fourth-order valence-electron chi connectivity index (χ4n) is 2.17. The summed E-state index contributed by atoms with van der Waals surface area (Å²) in [5.74, 6) is 2.60. The van der Waals surface area contributed by atoms with Gasteiger partial charge in [0, 0.05) is 5.92 Å². The first-order valence-electron chi connectivity index (χ1n) is 7.49. The third kappa shape index (κ3) is 6.11. The number of rotatable bonds is 6. The van der Waals surface area contributed by atoms with Crippen molar-refractivity contribution >= 4 is 5.91 Å². The van der Waals surface area contributed by atoms with Crippen LogP contribution >= 0.6 is 0 Å². The molecule has 1 aliphatic heterocycles. The molecule has 2 unspecified atom stereocenters. The summed E-state index contributed by atoms with van der Waals surface area (Å²) in [6.45, 7) is 6.47. The summed E-state index contributed by atoms with van der Waals surface area (Å²) in [6.07, 6.45) is 13.8. The van der Waals surface area contributed by atoms with Crippen molar-refractivity contribution in [1.29, 1.82) is 0 Å². The van der Waals surface area contributed by atoms with Crippen LogP contribution in [-0.2, 0) is 9.63 Å². The van der Waals surface area contributed by atoms with Crippen LogP contribution in [0.3, 0.4) is 0 Å². The Morgan fingerprint density at radius 1 is 1.26 bits per heavy atom. The van der Waals surface area contributed by atoms with Gasteiger partial charge in [-0.3, -0.25) is 9.63 Å². The Kier molecular flexibility index (Phi) is 10.3. The number of terminal acetylenes is 1. The van der Waals surface area contributed by atoms with Gasteiger partial charge < -0.3 is 0 Å². The van der Waals surface area contributed by atoms with E-state index in [2.05, 4.69) is 19.8 Å². The molecule has 3 nitrogen and oxygen atoms in total. The zero-order chi connectivity index (χ0) is 14.7. The van der Waals surface area contributed by atoms with Crippen molar-refractivity contribution in [2.75, 3.05) is 7.11 Å². The molecule has 1 aliphatic rings. The molecule has 0 bridgehead atoms. The predicted molar refractivity (Wildman–Crippen MR) is 79.3 cm³/mol. The van der Waals surface area contributed by atoms with E-state index >= 15 is 0 Å². The van der Waals surface area contributed by atoms with Crippen molar-refractivity contribution in [1.82, 2.24) is 5.06 Å². The third-order valence-corrected chi connectivity index (χ3v) is 3.45. The Hall–Kier alpha value is -1.01. The average Bonchev–Trinajstić information content (AvgIpc) is 2.75. The van der Waals surface area contributed by atoms with E-state index < -0.39 is 0 Å². The molecular weight excluding hydrogens is 238 g/mol. The van der Waals surface area contributed by atoms with Gasteiger partial charge in [-0.2, -0.15) is 0 Å². The van der Waals surface area contributed by atoms with Crippen LogP contribution < -0.4 is 0 Å². The second-order valence-electron chi connectivity index (χ2n) is 4.93. The van der Waals surface area contributed by atoms with E-state index in [1.165, 1.54) is 44.3 Å². The Morgan fingerprint density at radius 2 is 1.84 bits per heavy atom. The van der Waals surface area contributed by atoms with Gasteiger partial charge in [0.1, 0.15) is 6.04 Å². The topological polar surface area (TPSA) is 29.5 Å². The molecule has 0 aromatic rings. The number of hydroxylamine groups is 2. The fraction of sp³-hybridized carbons (Fsp3) is 0.812. The summed E-state index contributed by atoms with van der Waals surface area (Å²) in [4.78, 5) is 16.3. The molecule has 3 heteroatoms. The van der Waals surface area contributed by atoms with Crippen LogP contribution in [-0.4, -0.2) is 24.1 Å². The molecule has 0 aromatic carbocycles. The first-order chi connectivity index (χ1) is 9.15. The molecule has 1 amide bonds. The Balaban J connectivity index is 0.000000399. The van der Waals surface area contributed by atoms with E-state index in [0.29, 0.717) is 0 Å². The highest BCUT2D eigenvalue weighted by atomic mass is 16.7. The quantitative estimate of drug-likeness (QED) is 0.541. The van der Waals surface area contributed by atoms with Gasteiger partial charge in [-0.1, -0.05) is 58.8 Å². The highest BCUT2D eigenvalue weighted by Gasteiger charge is 2.37. The minimum Gasteiger partial charge on any atom is -0.273 e. The van der Waals surface area contributed by atoms with E-state index in [1.54, 1.807) is 0 Å². The van der Waals surface area contributed by atoms with E-state index in [-0.39, 0.29) is 17.9 Å². The molecule has 1 rings (SSSR count). The molecule has 19 heavy (non-hydrogen) atoms. The highest BCUT2D eigenvalue weighted by molar-refractivity contribution is 5.80. The summed E-state index contributed by atoms with van der Waals surface area (Å²) >= 11 is 0. The largest absolute Gasteiger partial charge is 0.273 e. The van der Waals surface area contributed by atoms with Gasteiger partial charge in [-0.15, -0.1) is 6.42 Å². The minimum atomic E-state index is -0.174. The molecule has 0 spiro atoms. The Morgan fingerprint density at radius 3 is 2.16 bits per heavy atom. The van der Waals surface area contributed by atoms with Crippen molar-refractivity contribution in [3.63, 3.8) is 0 Å². The number of amides is 1. The van der Waals surface area contributed by atoms with Gasteiger partial charge in [-0.05, 0) is 12.8 Å². The lowest BCUT2D eigenvalue weighted by molar-refractivity contribution is -0.174. The summed E-state index contributed by atoms with van der Waals surface area (Å²) in [7, 11) is 1.47. The van der Waals surface area contributed by atoms with E-state index in [4.69, 9.17) is 11.3 Å². The van der Waals surface area contributed by atoms with Gasteiger partial charge >= 0.3 is 0 Å². The van der Waals surface area contributed by atoms with Crippen LogP contribution in [0.4, 0.5) is 0 Å². The van der Waals surface area contributed by atoms with Gasteiger partial charge in [0.25, 0.3) is 5.91 Å². The summed E-state index contributed by atoms with van der Waals surface area (Å²) in [6, 6.07) is -0.174. The first kappa shape index (κ1) is 18.0. The van der Waals surface area contributed by atoms with Crippen LogP contribution in [0.25, 0.3) is 0 Å². The molecule has 1 saturated heterocycles. The van der Waals surface area contributed by atoms with Crippen molar-refractivity contribution in [3.8, 4) is 12.3 Å². The summed E-state index contributed by atoms with van der Waals surface area (Å²) in [5, 5.41) is 1.30. The van der Waals surface area contributed by atoms with Crippen LogP contribution in [0, 0.1) is 18.3 Å². The number of unbranched alkanes of at least 4 members (excludes halogenated alkanes) is 4. The van der Waals surface area contributed by atoms with Crippen LogP contribution in [0.1, 0.15) is 65.7 Å². The minimum absolute atomic E-state index is 0.0166. The third-order valence-electron chi connectivity index (χ3n) is 3.45. The molecule has 0 aromatic heterocycles. The van der Waals surface area contributed by atoms with Crippen LogP contribution in [0.15, 0.2) is 0 Å². The number of hydrogen-bond acceptors (Lipinski definition) is 2. The molecule has 0 N–H and O–H groups in total. The number of carbonyl (C=O) groups is 1. The van der Waals surface area contributed by atoms with E-state index in [0.717, 1.165) is 12.8 Å². The maximum Gasteiger partial charge on any atom is 0.250 e. The number of carbonyl (C=O) groups excluding carboxylic acids is 1. The van der Waals surface area contributed by atoms with Gasteiger partial charge in [0.05, 0.1) is 7.11 Å². The van der Waals surface area contributed by atoms with Gasteiger partial charge in [-0.25, -0.2) is 5.06 Å². The Labute approximate surface area is 118 Å². The average molecular weight is 267 g/mol. The zero-order valence-corrected chi connectivity index (χ0v) is 12.9. The molecule has 0 saturated carbocycles. The van der Waals surface area contributed by atoms with Gasteiger partial charge in [0.2, 0.25) is 0 Å². The standard InChI is InChI=1S/C9H13NO2.C7H16/c1-4-7-6-8(5-2)10(12-3)9(7)11;1-3-5-7-6-4-2/h2,7-8H,4,6H2,1,3H3;3-7H2,1-2H3. The second-order valence-corrected chi connectivity index (χ2v) is 4.93. The van der Waals surface area contributed by atoms with Gasteiger partial charge in [0.15, 0.2) is 0 Å².